The van der Waals surface area contributed by atoms with Gasteiger partial charge < -0.3 is 14.3 Å². The molecule has 2 aliphatic rings. The van der Waals surface area contributed by atoms with Gasteiger partial charge in [-0.05, 0) is 53.4 Å². The summed E-state index contributed by atoms with van der Waals surface area (Å²) in [6.07, 6.45) is 23.4. The molecule has 0 amide bonds. The summed E-state index contributed by atoms with van der Waals surface area (Å²) < 4.78 is 12.5. The molecule has 2 aliphatic heterocycles. The largest absolute Gasteiger partial charge is 0.462 e. The molecule has 8 heteroatoms. The Bertz CT molecular complexity index is 881. The van der Waals surface area contributed by atoms with Gasteiger partial charge in [-0.2, -0.15) is 5.06 Å². The Hall–Kier alpha value is -1.22. The molecule has 0 saturated carbocycles. The number of esters is 1. The Balaban J connectivity index is 1.57. The maximum Gasteiger partial charge on any atom is 0.325 e. The van der Waals surface area contributed by atoms with Crippen LogP contribution in [0.25, 0.3) is 0 Å². The molecule has 0 N–H and O–H groups in total. The van der Waals surface area contributed by atoms with E-state index < -0.39 is 0 Å². The van der Waals surface area contributed by atoms with E-state index in [0.29, 0.717) is 25.9 Å². The number of hydroxylamine groups is 4. The fourth-order valence-electron chi connectivity index (χ4n) is 9.11. The summed E-state index contributed by atoms with van der Waals surface area (Å²) in [5, 5.41) is 4.05. The van der Waals surface area contributed by atoms with Crippen LogP contribution < -0.4 is 0 Å². The van der Waals surface area contributed by atoms with Crippen LogP contribution in [0.1, 0.15) is 210 Å². The van der Waals surface area contributed by atoms with E-state index in [0.717, 1.165) is 77.4 Å². The van der Waals surface area contributed by atoms with E-state index in [1.54, 1.807) is 0 Å². The third kappa shape index (κ3) is 17.5. The van der Waals surface area contributed by atoms with Crippen LogP contribution in [0.3, 0.4) is 0 Å². The normalized spacial score (nSPS) is 20.6. The summed E-state index contributed by atoms with van der Waals surface area (Å²) in [5.74, 6) is -0.220. The van der Waals surface area contributed by atoms with Gasteiger partial charge in [0.2, 0.25) is 0 Å². The number of ether oxygens (including phenoxy) is 2. The second-order valence-electron chi connectivity index (χ2n) is 18.9. The average molecular weight is 737 g/mol. The molecule has 2 fully saturated rings. The second-order valence-corrected chi connectivity index (χ2v) is 18.9. The summed E-state index contributed by atoms with van der Waals surface area (Å²) in [6.45, 7) is 25.2. The highest BCUT2D eigenvalue weighted by Crippen LogP contribution is 2.43. The smallest absolute Gasteiger partial charge is 0.325 e. The lowest BCUT2D eigenvalue weighted by atomic mass is 9.68. The number of nitrogens with zero attached hydrogens (tertiary/aromatic N) is 2. The standard InChI is InChI=1S/C44H84N2O6/c1-11-13-15-17-23-27-31-49-40-41(3,4)35-45(36-42(40,5)6)52-39(48)30-26-22-20-19-21-25-29-38(47)51-37-33-43(7,8)46(44(9,10)34-37)50-32-28-24-18-16-14-12-2/h37,40H,11-36H2,1-10H3. The van der Waals surface area contributed by atoms with Crippen molar-refractivity contribution >= 4 is 11.9 Å². The SMILES string of the molecule is CCCCCCCCOC1C(C)(C)CN(OC(=O)CCCCCCCCC(=O)OC2CC(C)(C)N(OCCCCCCCC)C(C)(C)C2)CC1(C)C. The molecular weight excluding hydrogens is 652 g/mol. The summed E-state index contributed by atoms with van der Waals surface area (Å²) in [4.78, 5) is 37.7. The van der Waals surface area contributed by atoms with E-state index >= 15 is 0 Å². The number of unbranched alkanes of at least 4 members (excludes halogenated alkanes) is 15. The van der Waals surface area contributed by atoms with Crippen LogP contribution in [0.15, 0.2) is 0 Å². The van der Waals surface area contributed by atoms with Crippen molar-refractivity contribution in [3.63, 3.8) is 0 Å². The van der Waals surface area contributed by atoms with Gasteiger partial charge in [-0.15, -0.1) is 5.06 Å². The molecule has 0 unspecified atom stereocenters. The summed E-state index contributed by atoms with van der Waals surface area (Å²) in [6, 6.07) is 0. The van der Waals surface area contributed by atoms with Crippen molar-refractivity contribution in [3.05, 3.63) is 0 Å². The number of carbonyl (C=O) groups is 2. The van der Waals surface area contributed by atoms with Crippen molar-refractivity contribution in [3.8, 4) is 0 Å². The van der Waals surface area contributed by atoms with Crippen LogP contribution in [-0.4, -0.2) is 71.7 Å². The Morgan fingerprint density at radius 3 is 1.48 bits per heavy atom. The predicted octanol–water partition coefficient (Wildman–Crippen LogP) is 11.5. The first-order valence-corrected chi connectivity index (χ1v) is 21.7. The molecule has 0 spiro atoms. The van der Waals surface area contributed by atoms with E-state index in [1.807, 2.05) is 5.06 Å². The monoisotopic (exact) mass is 737 g/mol. The number of hydrogen-bond donors (Lipinski definition) is 0. The van der Waals surface area contributed by atoms with Crippen LogP contribution in [0.5, 0.6) is 0 Å². The lowest BCUT2D eigenvalue weighted by molar-refractivity contribution is -0.293. The zero-order valence-corrected chi connectivity index (χ0v) is 35.9. The van der Waals surface area contributed by atoms with Crippen LogP contribution >= 0.6 is 0 Å². The molecule has 0 atom stereocenters. The third-order valence-corrected chi connectivity index (χ3v) is 11.2. The minimum atomic E-state index is -0.201. The Labute approximate surface area is 321 Å². The van der Waals surface area contributed by atoms with Gasteiger partial charge >= 0.3 is 11.9 Å². The predicted molar refractivity (Wildman–Crippen MR) is 214 cm³/mol. The quantitative estimate of drug-likeness (QED) is 0.0609. The van der Waals surface area contributed by atoms with Gasteiger partial charge in [0.1, 0.15) is 6.10 Å². The summed E-state index contributed by atoms with van der Waals surface area (Å²) in [5.41, 5.74) is -0.619. The zero-order chi connectivity index (χ0) is 38.7. The van der Waals surface area contributed by atoms with Gasteiger partial charge in [-0.25, -0.2) is 0 Å². The summed E-state index contributed by atoms with van der Waals surface area (Å²) in [7, 11) is 0. The van der Waals surface area contributed by atoms with Crippen LogP contribution in [0.4, 0.5) is 0 Å². The van der Waals surface area contributed by atoms with E-state index in [2.05, 4.69) is 74.3 Å². The van der Waals surface area contributed by atoms with Gasteiger partial charge in [0.25, 0.3) is 0 Å². The van der Waals surface area contributed by atoms with Crippen molar-refractivity contribution in [2.45, 2.75) is 234 Å². The molecule has 0 aromatic rings. The molecule has 0 radical (unpaired) electrons. The lowest BCUT2D eigenvalue weighted by Crippen LogP contribution is -2.62. The molecule has 52 heavy (non-hydrogen) atoms. The van der Waals surface area contributed by atoms with E-state index in [4.69, 9.17) is 19.1 Å². The molecular formula is C44H84N2O6. The highest BCUT2D eigenvalue weighted by Gasteiger charge is 2.49. The molecule has 8 nitrogen and oxygen atoms in total. The average Bonchev–Trinajstić information content (AvgIpc) is 3.02. The second kappa shape index (κ2) is 23.6. The van der Waals surface area contributed by atoms with Crippen molar-refractivity contribution in [2.75, 3.05) is 26.3 Å². The van der Waals surface area contributed by atoms with Gasteiger partial charge in [0.05, 0.1) is 12.7 Å². The molecule has 0 bridgehead atoms. The van der Waals surface area contributed by atoms with Crippen molar-refractivity contribution in [2.24, 2.45) is 10.8 Å². The van der Waals surface area contributed by atoms with Crippen molar-refractivity contribution in [1.82, 2.24) is 10.1 Å². The maximum atomic E-state index is 12.8. The molecule has 306 valence electrons. The minimum absolute atomic E-state index is 0.0828. The van der Waals surface area contributed by atoms with Crippen molar-refractivity contribution in [1.29, 1.82) is 0 Å². The number of rotatable bonds is 27. The number of carbonyl (C=O) groups excluding carboxylic acids is 2. The minimum Gasteiger partial charge on any atom is -0.462 e. The van der Waals surface area contributed by atoms with E-state index in [9.17, 15) is 9.59 Å². The summed E-state index contributed by atoms with van der Waals surface area (Å²) >= 11 is 0. The topological polar surface area (TPSA) is 77.5 Å². The van der Waals surface area contributed by atoms with Gasteiger partial charge in [-0.1, -0.05) is 131 Å². The first kappa shape index (κ1) is 46.9. The fraction of sp³-hybridized carbons (Fsp3) is 0.955. The molecule has 0 aliphatic carbocycles. The zero-order valence-electron chi connectivity index (χ0n) is 35.9. The molecule has 2 heterocycles. The van der Waals surface area contributed by atoms with Crippen LogP contribution in [-0.2, 0) is 28.7 Å². The van der Waals surface area contributed by atoms with E-state index in [1.165, 1.54) is 64.2 Å². The maximum absolute atomic E-state index is 12.8. The van der Waals surface area contributed by atoms with Crippen LogP contribution in [0.2, 0.25) is 0 Å². The van der Waals surface area contributed by atoms with Crippen molar-refractivity contribution < 1.29 is 28.7 Å². The molecule has 0 aromatic carbocycles. The Morgan fingerprint density at radius 1 is 0.558 bits per heavy atom. The fourth-order valence-corrected chi connectivity index (χ4v) is 9.11. The Morgan fingerprint density at radius 2 is 0.981 bits per heavy atom. The first-order chi connectivity index (χ1) is 24.5. The third-order valence-electron chi connectivity index (χ3n) is 11.2. The number of piperidine rings is 2. The Kier molecular flexibility index (Phi) is 21.3. The van der Waals surface area contributed by atoms with Gasteiger partial charge in [0, 0.05) is 67.3 Å². The molecule has 2 saturated heterocycles. The first-order valence-electron chi connectivity index (χ1n) is 21.7. The molecule has 0 aromatic heterocycles. The van der Waals surface area contributed by atoms with E-state index in [-0.39, 0.29) is 46.1 Å². The highest BCUT2D eigenvalue weighted by atomic mass is 16.7. The molecule has 2 rings (SSSR count). The highest BCUT2D eigenvalue weighted by molar-refractivity contribution is 5.69. The lowest BCUT2D eigenvalue weighted by Gasteiger charge is -2.53. The van der Waals surface area contributed by atoms with Gasteiger partial charge in [0.15, 0.2) is 0 Å². The number of hydrogen-bond acceptors (Lipinski definition) is 8. The van der Waals surface area contributed by atoms with Gasteiger partial charge in [-0.3, -0.25) is 14.4 Å². The van der Waals surface area contributed by atoms with Crippen LogP contribution in [0, 0.1) is 10.8 Å².